The molecule has 5 nitrogen and oxygen atoms in total. The first-order valence-corrected chi connectivity index (χ1v) is 9.00. The minimum atomic E-state index is -0.178. The summed E-state index contributed by atoms with van der Waals surface area (Å²) in [6, 6.07) is 4.55. The number of amides is 1. The Morgan fingerprint density at radius 3 is 2.77 bits per heavy atom. The Balaban J connectivity index is 1.47. The summed E-state index contributed by atoms with van der Waals surface area (Å²) >= 11 is 3.75. The van der Waals surface area contributed by atoms with Gasteiger partial charge < -0.3 is 4.90 Å². The largest absolute Gasteiger partial charge is 0.334 e. The van der Waals surface area contributed by atoms with Crippen molar-refractivity contribution >= 4 is 21.8 Å². The number of pyridine rings is 1. The lowest BCUT2D eigenvalue weighted by Gasteiger charge is -2.27. The van der Waals surface area contributed by atoms with E-state index >= 15 is 0 Å². The van der Waals surface area contributed by atoms with E-state index in [9.17, 15) is 4.79 Å². The molecule has 1 amide bonds. The first-order chi connectivity index (χ1) is 10.7. The highest BCUT2D eigenvalue weighted by Gasteiger charge is 2.48. The van der Waals surface area contributed by atoms with Gasteiger partial charge in [0.1, 0.15) is 6.04 Å². The summed E-state index contributed by atoms with van der Waals surface area (Å²) in [7, 11) is 0. The van der Waals surface area contributed by atoms with Gasteiger partial charge in [-0.25, -0.2) is 5.43 Å². The molecule has 1 saturated heterocycles. The van der Waals surface area contributed by atoms with Crippen molar-refractivity contribution in [3.8, 4) is 0 Å². The van der Waals surface area contributed by atoms with Crippen molar-refractivity contribution in [3.05, 3.63) is 30.1 Å². The smallest absolute Gasteiger partial charge is 0.242 e. The molecule has 1 aromatic rings. The van der Waals surface area contributed by atoms with Crippen LogP contribution in [0.1, 0.15) is 31.2 Å². The highest BCUT2D eigenvalue weighted by Crippen LogP contribution is 2.39. The maximum absolute atomic E-state index is 13.0. The normalized spacial score (nSPS) is 31.2. The van der Waals surface area contributed by atoms with Gasteiger partial charge in [0, 0.05) is 31.0 Å². The molecular formula is C16H21BrN4O. The van der Waals surface area contributed by atoms with Crippen LogP contribution in [0.4, 0.5) is 0 Å². The van der Waals surface area contributed by atoms with E-state index in [2.05, 4.69) is 31.8 Å². The standard InChI is InChI=1S/C16H21BrN4O/c17-13-14(11-3-4-11)19-20-15(13)16(22)21(12-5-6-12)9-10-2-1-7-18-8-10/h1-2,7-8,11-15,19-20H,3-6,9H2. The van der Waals surface area contributed by atoms with Crippen LogP contribution in [-0.2, 0) is 11.3 Å². The molecule has 2 aliphatic carbocycles. The summed E-state index contributed by atoms with van der Waals surface area (Å²) in [5, 5.41) is 0. The van der Waals surface area contributed by atoms with Crippen LogP contribution in [0.5, 0.6) is 0 Å². The fourth-order valence-electron chi connectivity index (χ4n) is 3.22. The van der Waals surface area contributed by atoms with E-state index < -0.39 is 0 Å². The number of hydrogen-bond acceptors (Lipinski definition) is 4. The second-order valence-corrected chi connectivity index (χ2v) is 7.69. The number of hydrogen-bond donors (Lipinski definition) is 2. The van der Waals surface area contributed by atoms with Crippen molar-refractivity contribution in [1.82, 2.24) is 20.7 Å². The van der Waals surface area contributed by atoms with Crippen molar-refractivity contribution < 1.29 is 4.79 Å². The van der Waals surface area contributed by atoms with E-state index in [0.29, 0.717) is 24.5 Å². The van der Waals surface area contributed by atoms with E-state index in [1.807, 2.05) is 23.2 Å². The van der Waals surface area contributed by atoms with Crippen LogP contribution in [0.2, 0.25) is 0 Å². The number of aromatic nitrogens is 1. The molecule has 22 heavy (non-hydrogen) atoms. The molecule has 118 valence electrons. The lowest BCUT2D eigenvalue weighted by molar-refractivity contribution is -0.134. The van der Waals surface area contributed by atoms with Crippen molar-refractivity contribution in [2.24, 2.45) is 5.92 Å². The van der Waals surface area contributed by atoms with E-state index in [0.717, 1.165) is 18.4 Å². The lowest BCUT2D eigenvalue weighted by atomic mass is 10.0. The van der Waals surface area contributed by atoms with Crippen LogP contribution in [0, 0.1) is 5.92 Å². The van der Waals surface area contributed by atoms with Gasteiger partial charge >= 0.3 is 0 Å². The summed E-state index contributed by atoms with van der Waals surface area (Å²) in [6.07, 6.45) is 8.39. The summed E-state index contributed by atoms with van der Waals surface area (Å²) < 4.78 is 0. The van der Waals surface area contributed by atoms with Gasteiger partial charge in [-0.15, -0.1) is 0 Å². The number of nitrogens with zero attached hydrogens (tertiary/aromatic N) is 2. The number of nitrogens with one attached hydrogen (secondary N) is 2. The van der Waals surface area contributed by atoms with Gasteiger partial charge in [-0.1, -0.05) is 22.0 Å². The lowest BCUT2D eigenvalue weighted by Crippen LogP contribution is -2.48. The average molecular weight is 365 g/mol. The Hall–Kier alpha value is -0.980. The van der Waals surface area contributed by atoms with Gasteiger partial charge in [0.05, 0.1) is 4.83 Å². The fourth-order valence-corrected chi connectivity index (χ4v) is 4.15. The highest BCUT2D eigenvalue weighted by molar-refractivity contribution is 9.09. The zero-order valence-corrected chi connectivity index (χ0v) is 14.0. The Morgan fingerprint density at radius 2 is 2.14 bits per heavy atom. The Labute approximate surface area is 139 Å². The third-order valence-electron chi connectivity index (χ3n) is 4.81. The third-order valence-corrected chi connectivity index (χ3v) is 5.91. The number of carbonyl (C=O) groups excluding carboxylic acids is 1. The number of carbonyl (C=O) groups is 1. The van der Waals surface area contributed by atoms with E-state index in [-0.39, 0.29) is 16.8 Å². The average Bonchev–Trinajstić information content (AvgIpc) is 3.44. The molecule has 0 aromatic carbocycles. The van der Waals surface area contributed by atoms with Gasteiger partial charge in [0.15, 0.2) is 0 Å². The molecule has 3 atom stereocenters. The Morgan fingerprint density at radius 1 is 1.32 bits per heavy atom. The second-order valence-electron chi connectivity index (χ2n) is 6.63. The van der Waals surface area contributed by atoms with Crippen LogP contribution < -0.4 is 10.9 Å². The maximum atomic E-state index is 13.0. The van der Waals surface area contributed by atoms with Crippen molar-refractivity contribution in [2.75, 3.05) is 0 Å². The van der Waals surface area contributed by atoms with Gasteiger partial charge in [-0.3, -0.25) is 15.2 Å². The summed E-state index contributed by atoms with van der Waals surface area (Å²) in [4.78, 5) is 19.4. The number of hydrazine groups is 1. The quantitative estimate of drug-likeness (QED) is 0.779. The van der Waals surface area contributed by atoms with Crippen molar-refractivity contribution in [2.45, 2.75) is 55.2 Å². The number of alkyl halides is 1. The van der Waals surface area contributed by atoms with Gasteiger partial charge in [-0.05, 0) is 43.2 Å². The molecule has 2 heterocycles. The van der Waals surface area contributed by atoms with Gasteiger partial charge in [0.25, 0.3) is 0 Å². The molecule has 3 fully saturated rings. The van der Waals surface area contributed by atoms with Crippen molar-refractivity contribution in [3.63, 3.8) is 0 Å². The molecule has 0 spiro atoms. The molecule has 3 aliphatic rings. The topological polar surface area (TPSA) is 57.3 Å². The minimum absolute atomic E-state index is 0.169. The third kappa shape index (κ3) is 2.92. The molecule has 1 aliphatic heterocycles. The minimum Gasteiger partial charge on any atom is -0.334 e. The Kier molecular flexibility index (Phi) is 3.92. The molecule has 4 rings (SSSR count). The number of rotatable bonds is 5. The fraction of sp³-hybridized carbons (Fsp3) is 0.625. The summed E-state index contributed by atoms with van der Waals surface area (Å²) in [6.45, 7) is 0.656. The first kappa shape index (κ1) is 14.6. The van der Waals surface area contributed by atoms with Gasteiger partial charge in [-0.2, -0.15) is 0 Å². The molecule has 0 bridgehead atoms. The monoisotopic (exact) mass is 364 g/mol. The molecule has 3 unspecified atom stereocenters. The SMILES string of the molecule is O=C(C1NNC(C2CC2)C1Br)N(Cc1cccnc1)C1CC1. The molecule has 1 aromatic heterocycles. The Bertz CT molecular complexity index is 546. The van der Waals surface area contributed by atoms with Crippen LogP contribution in [0.15, 0.2) is 24.5 Å². The molecular weight excluding hydrogens is 344 g/mol. The first-order valence-electron chi connectivity index (χ1n) is 8.08. The maximum Gasteiger partial charge on any atom is 0.242 e. The van der Waals surface area contributed by atoms with Crippen molar-refractivity contribution in [1.29, 1.82) is 0 Å². The predicted molar refractivity (Wildman–Crippen MR) is 87.1 cm³/mol. The zero-order valence-electron chi connectivity index (χ0n) is 12.4. The van der Waals surface area contributed by atoms with Crippen LogP contribution in [0.25, 0.3) is 0 Å². The van der Waals surface area contributed by atoms with Crippen LogP contribution >= 0.6 is 15.9 Å². The highest BCUT2D eigenvalue weighted by atomic mass is 79.9. The molecule has 6 heteroatoms. The molecule has 0 radical (unpaired) electrons. The van der Waals surface area contributed by atoms with E-state index in [1.165, 1.54) is 12.8 Å². The second kappa shape index (κ2) is 5.91. The predicted octanol–water partition coefficient (Wildman–Crippen LogP) is 1.59. The number of halogens is 1. The van der Waals surface area contributed by atoms with Crippen LogP contribution in [-0.4, -0.2) is 38.7 Å². The van der Waals surface area contributed by atoms with E-state index in [4.69, 9.17) is 0 Å². The summed E-state index contributed by atoms with van der Waals surface area (Å²) in [5.74, 6) is 0.909. The van der Waals surface area contributed by atoms with Gasteiger partial charge in [0.2, 0.25) is 5.91 Å². The van der Waals surface area contributed by atoms with E-state index in [1.54, 1.807) is 6.20 Å². The molecule has 2 N–H and O–H groups in total. The zero-order chi connectivity index (χ0) is 15.1. The van der Waals surface area contributed by atoms with Crippen LogP contribution in [0.3, 0.4) is 0 Å². The summed E-state index contributed by atoms with van der Waals surface area (Å²) in [5.41, 5.74) is 7.64. The molecule has 2 saturated carbocycles.